The summed E-state index contributed by atoms with van der Waals surface area (Å²) in [6.07, 6.45) is 5.06. The number of carboxylic acid groups (broad SMARTS) is 1. The first kappa shape index (κ1) is 15.8. The Kier molecular flexibility index (Phi) is 3.36. The number of aryl methyl sites for hydroxylation is 1. The van der Waals surface area contributed by atoms with Crippen molar-refractivity contribution in [3.63, 3.8) is 0 Å². The maximum absolute atomic E-state index is 13.4. The Hall–Kier alpha value is -2.44. The number of pyridine rings is 1. The van der Waals surface area contributed by atoms with Gasteiger partial charge in [0.25, 0.3) is 11.6 Å². The van der Waals surface area contributed by atoms with Gasteiger partial charge in [-0.1, -0.05) is 11.6 Å². The molecule has 2 aromatic heterocycles. The molecule has 7 nitrogen and oxygen atoms in total. The van der Waals surface area contributed by atoms with E-state index in [0.29, 0.717) is 40.7 Å². The number of aromatic nitrogens is 2. The molecule has 5 rings (SSSR count). The minimum absolute atomic E-state index is 0.0697. The third-order valence-corrected chi connectivity index (χ3v) is 6.27. The predicted octanol–water partition coefficient (Wildman–Crippen LogP) is 2.73. The van der Waals surface area contributed by atoms with E-state index in [-0.39, 0.29) is 11.8 Å². The lowest BCUT2D eigenvalue weighted by Gasteiger charge is -2.24. The van der Waals surface area contributed by atoms with Crippen LogP contribution in [0, 0.1) is 18.8 Å². The van der Waals surface area contributed by atoms with Gasteiger partial charge < -0.3 is 14.5 Å². The molecule has 2 saturated carbocycles. The highest BCUT2D eigenvalue weighted by Gasteiger charge is 2.50. The predicted molar refractivity (Wildman–Crippen MR) is 91.8 cm³/mol. The molecule has 2 aliphatic carbocycles. The Morgan fingerprint density at radius 3 is 2.81 bits per heavy atom. The molecule has 0 spiro atoms. The van der Waals surface area contributed by atoms with Gasteiger partial charge in [0.1, 0.15) is 6.04 Å². The van der Waals surface area contributed by atoms with Crippen molar-refractivity contribution in [2.24, 2.45) is 11.8 Å². The van der Waals surface area contributed by atoms with Gasteiger partial charge in [-0.2, -0.15) is 0 Å². The summed E-state index contributed by atoms with van der Waals surface area (Å²) < 4.78 is 5.32. The molecule has 1 N–H and O–H groups in total. The number of nitrogens with zero attached hydrogens (tertiary/aromatic N) is 3. The second-order valence-electron chi connectivity index (χ2n) is 7.91. The quantitative estimate of drug-likeness (QED) is 0.909. The Balaban J connectivity index is 1.59. The molecule has 3 aliphatic rings. The zero-order valence-electron chi connectivity index (χ0n) is 14.6. The van der Waals surface area contributed by atoms with Crippen LogP contribution in [0.2, 0.25) is 0 Å². The molecule has 3 unspecified atom stereocenters. The van der Waals surface area contributed by atoms with Gasteiger partial charge in [0.15, 0.2) is 0 Å². The fourth-order valence-corrected chi connectivity index (χ4v) is 4.86. The van der Waals surface area contributed by atoms with Crippen molar-refractivity contribution in [1.82, 2.24) is 15.0 Å². The number of hydrogen-bond donors (Lipinski definition) is 1. The zero-order chi connectivity index (χ0) is 18.0. The summed E-state index contributed by atoms with van der Waals surface area (Å²) in [6.45, 7) is 2.31. The van der Waals surface area contributed by atoms with E-state index >= 15 is 0 Å². The summed E-state index contributed by atoms with van der Waals surface area (Å²) in [7, 11) is 0. The maximum atomic E-state index is 13.4. The van der Waals surface area contributed by atoms with E-state index in [0.717, 1.165) is 37.8 Å². The van der Waals surface area contributed by atoms with Crippen molar-refractivity contribution in [3.05, 3.63) is 23.0 Å². The minimum atomic E-state index is -0.900. The molecule has 3 fully saturated rings. The van der Waals surface area contributed by atoms with Gasteiger partial charge in [0, 0.05) is 18.2 Å². The van der Waals surface area contributed by atoms with Gasteiger partial charge in [0.05, 0.1) is 16.6 Å². The maximum Gasteiger partial charge on any atom is 0.326 e. The minimum Gasteiger partial charge on any atom is -0.480 e. The molecular weight excluding hydrogens is 334 g/mol. The summed E-state index contributed by atoms with van der Waals surface area (Å²) in [5.74, 6) is -0.399. The number of hydrogen-bond acceptors (Lipinski definition) is 5. The van der Waals surface area contributed by atoms with E-state index in [2.05, 4.69) is 10.1 Å². The van der Waals surface area contributed by atoms with Gasteiger partial charge in [-0.25, -0.2) is 9.78 Å². The fraction of sp³-hybridized carbons (Fsp3) is 0.579. The second kappa shape index (κ2) is 5.53. The van der Waals surface area contributed by atoms with Crippen molar-refractivity contribution in [1.29, 1.82) is 0 Å². The van der Waals surface area contributed by atoms with Crippen LogP contribution in [-0.4, -0.2) is 44.6 Å². The first-order valence-electron chi connectivity index (χ1n) is 9.35. The molecule has 1 saturated heterocycles. The Morgan fingerprint density at radius 2 is 2.08 bits per heavy atom. The molecule has 2 aromatic rings. The van der Waals surface area contributed by atoms with Crippen LogP contribution in [0.3, 0.4) is 0 Å². The van der Waals surface area contributed by atoms with E-state index in [4.69, 9.17) is 4.52 Å². The molecule has 136 valence electrons. The summed E-state index contributed by atoms with van der Waals surface area (Å²) >= 11 is 0. The summed E-state index contributed by atoms with van der Waals surface area (Å²) in [5.41, 5.74) is 2.33. The van der Waals surface area contributed by atoms with Crippen LogP contribution in [0.25, 0.3) is 11.1 Å². The lowest BCUT2D eigenvalue weighted by molar-refractivity contribution is -0.142. The number of fused-ring (bicyclic) bond motifs is 2. The van der Waals surface area contributed by atoms with Crippen LogP contribution in [0.15, 0.2) is 10.6 Å². The number of carbonyl (C=O) groups is 2. The standard InChI is InChI=1S/C19H21N3O4/c1-9-15-13(7-14(10-5-6-10)20-17(15)26-21-9)18(23)22-8-11-3-2-4-12(11)16(22)19(24)25/h7,10-12,16H,2-6,8H2,1H3,(H,24,25). The molecule has 0 bridgehead atoms. The van der Waals surface area contributed by atoms with Crippen LogP contribution >= 0.6 is 0 Å². The van der Waals surface area contributed by atoms with Gasteiger partial charge in [0.2, 0.25) is 0 Å². The van der Waals surface area contributed by atoms with E-state index in [1.165, 1.54) is 0 Å². The SMILES string of the molecule is Cc1noc2nc(C3CC3)cc(C(=O)N3CC4CCCC4C3C(=O)O)c12. The van der Waals surface area contributed by atoms with Crippen LogP contribution in [0.5, 0.6) is 0 Å². The van der Waals surface area contributed by atoms with E-state index in [9.17, 15) is 14.7 Å². The topological polar surface area (TPSA) is 96.5 Å². The third-order valence-electron chi connectivity index (χ3n) is 6.27. The van der Waals surface area contributed by atoms with Crippen LogP contribution < -0.4 is 0 Å². The average Bonchev–Trinajstić information content (AvgIpc) is 3.09. The van der Waals surface area contributed by atoms with Gasteiger partial charge >= 0.3 is 5.97 Å². The van der Waals surface area contributed by atoms with Crippen molar-refractivity contribution < 1.29 is 19.2 Å². The van der Waals surface area contributed by atoms with Gasteiger partial charge in [-0.15, -0.1) is 0 Å². The molecule has 1 aliphatic heterocycles. The molecule has 0 radical (unpaired) electrons. The van der Waals surface area contributed by atoms with E-state index in [1.54, 1.807) is 11.8 Å². The van der Waals surface area contributed by atoms with Gasteiger partial charge in [-0.3, -0.25) is 4.79 Å². The molecular formula is C19H21N3O4. The van der Waals surface area contributed by atoms with E-state index < -0.39 is 12.0 Å². The van der Waals surface area contributed by atoms with Crippen molar-refractivity contribution in [2.75, 3.05) is 6.54 Å². The lowest BCUT2D eigenvalue weighted by Crippen LogP contribution is -2.43. The number of aliphatic carboxylic acids is 1. The first-order valence-corrected chi connectivity index (χ1v) is 9.35. The number of amides is 1. The molecule has 3 atom stereocenters. The normalized spacial score (nSPS) is 27.9. The third kappa shape index (κ3) is 2.26. The number of carbonyl (C=O) groups excluding carboxylic acids is 1. The number of likely N-dealkylation sites (tertiary alicyclic amines) is 1. The molecule has 3 heterocycles. The first-order chi connectivity index (χ1) is 12.5. The molecule has 26 heavy (non-hydrogen) atoms. The average molecular weight is 355 g/mol. The molecule has 0 aromatic carbocycles. The van der Waals surface area contributed by atoms with Gasteiger partial charge in [-0.05, 0) is 50.5 Å². The Bertz CT molecular complexity index is 917. The van der Waals surface area contributed by atoms with E-state index in [1.807, 2.05) is 6.07 Å². The fourth-order valence-electron chi connectivity index (χ4n) is 4.86. The lowest BCUT2D eigenvalue weighted by atomic mass is 9.94. The Labute approximate surface area is 150 Å². The van der Waals surface area contributed by atoms with Crippen molar-refractivity contribution in [2.45, 2.75) is 51.0 Å². The molecule has 1 amide bonds. The summed E-state index contributed by atoms with van der Waals surface area (Å²) in [6, 6.07) is 1.10. The highest BCUT2D eigenvalue weighted by molar-refractivity contribution is 6.07. The Morgan fingerprint density at radius 1 is 1.27 bits per heavy atom. The highest BCUT2D eigenvalue weighted by Crippen LogP contribution is 2.44. The van der Waals surface area contributed by atoms with Crippen molar-refractivity contribution >= 4 is 23.0 Å². The largest absolute Gasteiger partial charge is 0.480 e. The smallest absolute Gasteiger partial charge is 0.326 e. The molecule has 7 heteroatoms. The summed E-state index contributed by atoms with van der Waals surface area (Å²) in [5, 5.41) is 14.4. The number of rotatable bonds is 3. The highest BCUT2D eigenvalue weighted by atomic mass is 16.5. The van der Waals surface area contributed by atoms with Crippen molar-refractivity contribution in [3.8, 4) is 0 Å². The second-order valence-corrected chi connectivity index (χ2v) is 7.91. The van der Waals surface area contributed by atoms with Crippen LogP contribution in [-0.2, 0) is 4.79 Å². The van der Waals surface area contributed by atoms with Crippen LogP contribution in [0.4, 0.5) is 0 Å². The monoisotopic (exact) mass is 355 g/mol. The summed E-state index contributed by atoms with van der Waals surface area (Å²) in [4.78, 5) is 31.4. The van der Waals surface area contributed by atoms with Crippen LogP contribution in [0.1, 0.15) is 59.8 Å². The zero-order valence-corrected chi connectivity index (χ0v) is 14.6. The number of carboxylic acids is 1.